The van der Waals surface area contributed by atoms with Crippen molar-refractivity contribution < 1.29 is 32.3 Å². The smallest absolute Gasteiger partial charge is 0.389 e. The number of hydrogen-bond donors (Lipinski definition) is 6. The number of nitrogens with one attached hydrogen (secondary N) is 6. The van der Waals surface area contributed by atoms with Gasteiger partial charge in [-0.15, -0.1) is 11.3 Å². The van der Waals surface area contributed by atoms with E-state index >= 15 is 0 Å². The molecule has 8 rings (SSSR count). The van der Waals surface area contributed by atoms with Crippen LogP contribution < -0.4 is 21.3 Å². The monoisotopic (exact) mass is 966 g/mol. The van der Waals surface area contributed by atoms with Gasteiger partial charge in [-0.3, -0.25) is 24.4 Å². The van der Waals surface area contributed by atoms with Crippen LogP contribution in [0.2, 0.25) is 0 Å². The van der Waals surface area contributed by atoms with Gasteiger partial charge in [-0.05, 0) is 74.7 Å². The minimum Gasteiger partial charge on any atom is -0.389 e. The number of nitriles is 1. The molecule has 0 bridgehead atoms. The van der Waals surface area contributed by atoms with E-state index in [9.17, 15) is 27.6 Å². The number of allylic oxidation sites excluding steroid dienone is 1. The van der Waals surface area contributed by atoms with Gasteiger partial charge in [0.1, 0.15) is 17.8 Å². The van der Waals surface area contributed by atoms with E-state index in [1.807, 2.05) is 29.5 Å². The van der Waals surface area contributed by atoms with Crippen molar-refractivity contribution in [1.29, 1.82) is 10.7 Å². The van der Waals surface area contributed by atoms with E-state index in [2.05, 4.69) is 71.4 Å². The SMILES string of the molecule is Cc1ncsc1-c1ccc(CNC(=O)[C@@H]2CCC3N2C(=O)[C@H]2NC(CN4CCN(CCCOCc5cc(C(=O)N[C@@H](C)CN/C=C\C(=N)c6ccc(C#N)c(C(F)(F)F)c6)n[nH]5)CC4)=CC32C)cc1. The number of benzene rings is 2. The van der Waals surface area contributed by atoms with Crippen LogP contribution in [-0.2, 0) is 33.7 Å². The first-order valence-electron chi connectivity index (χ1n) is 23.2. The second kappa shape index (κ2) is 21.1. The number of piperazine rings is 1. The first-order chi connectivity index (χ1) is 33.1. The Labute approximate surface area is 402 Å². The summed E-state index contributed by atoms with van der Waals surface area (Å²) in [6, 6.07) is 13.2. The number of amides is 3. The molecule has 3 fully saturated rings. The molecule has 0 spiro atoms. The Hall–Kier alpha value is -6.40. The van der Waals surface area contributed by atoms with Crippen molar-refractivity contribution in [2.75, 3.05) is 52.4 Å². The van der Waals surface area contributed by atoms with Gasteiger partial charge in [0.15, 0.2) is 0 Å². The predicted molar refractivity (Wildman–Crippen MR) is 254 cm³/mol. The Morgan fingerprint density at radius 3 is 2.61 bits per heavy atom. The zero-order valence-electron chi connectivity index (χ0n) is 38.8. The number of ether oxygens (including phenoxy) is 1. The maximum Gasteiger partial charge on any atom is 0.417 e. The second-order valence-corrected chi connectivity index (χ2v) is 19.2. The number of carbonyl (C=O) groups is 3. The van der Waals surface area contributed by atoms with Gasteiger partial charge in [0.05, 0.1) is 51.3 Å². The molecule has 16 nitrogen and oxygen atoms in total. The zero-order chi connectivity index (χ0) is 48.9. The number of hydrogen-bond acceptors (Lipinski definition) is 13. The first kappa shape index (κ1) is 49.0. The molecule has 2 aromatic carbocycles. The standard InChI is InChI=1S/C49H57F3N12O4S/c1-30(25-55-14-13-39(54)34-9-10-35(24-53)38(21-34)49(50,51)52)58-45(65)40-22-36(60-61-40)28-68-20-4-15-62-16-18-63(19-17-62)27-37-23-48(3)42-12-11-41(64(42)47(67)44(48)59-37)46(66)56-26-32-5-7-33(8-6-32)43-31(2)57-29-69-43/h5-10,13-14,21-23,29-30,41-42,44,54-55,59H,4,11-12,15-20,25-28H2,1-3H3,(H,56,66)(H,58,65)(H,60,61)/b14-13-,54-39?/t30-,41-,42?,44+,48?/m0/s1. The number of aromatic amines is 1. The summed E-state index contributed by atoms with van der Waals surface area (Å²) in [4.78, 5) is 52.3. The number of aryl methyl sites for hydroxylation is 1. The molecule has 2 unspecified atom stereocenters. The highest BCUT2D eigenvalue weighted by atomic mass is 32.1. The Bertz CT molecular complexity index is 2630. The van der Waals surface area contributed by atoms with Crippen LogP contribution in [0.25, 0.3) is 10.4 Å². The lowest BCUT2D eigenvalue weighted by molar-refractivity contribution is -0.138. The predicted octanol–water partition coefficient (Wildman–Crippen LogP) is 5.10. The van der Waals surface area contributed by atoms with Crippen molar-refractivity contribution in [3.63, 3.8) is 0 Å². The molecule has 3 saturated heterocycles. The molecule has 2 aromatic heterocycles. The van der Waals surface area contributed by atoms with E-state index in [1.165, 1.54) is 24.4 Å². The topological polar surface area (TPSA) is 207 Å². The highest BCUT2D eigenvalue weighted by Gasteiger charge is 2.62. The maximum absolute atomic E-state index is 13.9. The molecular weight excluding hydrogens is 910 g/mol. The molecule has 0 saturated carbocycles. The van der Waals surface area contributed by atoms with Crippen molar-refractivity contribution in [1.82, 2.24) is 51.1 Å². The van der Waals surface area contributed by atoms with Crippen molar-refractivity contribution >= 4 is 34.8 Å². The lowest BCUT2D eigenvalue weighted by atomic mass is 9.79. The number of carbonyl (C=O) groups excluding carboxylic acids is 3. The Morgan fingerprint density at radius 1 is 1.12 bits per heavy atom. The van der Waals surface area contributed by atoms with E-state index in [4.69, 9.17) is 15.4 Å². The number of H-pyrrole nitrogens is 1. The van der Waals surface area contributed by atoms with Gasteiger partial charge in [-0.2, -0.15) is 23.5 Å². The van der Waals surface area contributed by atoms with Crippen LogP contribution in [0.5, 0.6) is 0 Å². The largest absolute Gasteiger partial charge is 0.417 e. The summed E-state index contributed by atoms with van der Waals surface area (Å²) in [5.41, 5.74) is 4.76. The molecule has 5 atom stereocenters. The lowest BCUT2D eigenvalue weighted by Gasteiger charge is -2.35. The summed E-state index contributed by atoms with van der Waals surface area (Å²) in [7, 11) is 0. The number of fused-ring (bicyclic) bond motifs is 3. The summed E-state index contributed by atoms with van der Waals surface area (Å²) in [5.74, 6) is -0.488. The average molecular weight is 967 g/mol. The summed E-state index contributed by atoms with van der Waals surface area (Å²) in [5, 5.41) is 36.5. The van der Waals surface area contributed by atoms with Gasteiger partial charge in [0.25, 0.3) is 5.91 Å². The van der Waals surface area contributed by atoms with Crippen molar-refractivity contribution in [3.05, 3.63) is 117 Å². The first-order valence-corrected chi connectivity index (χ1v) is 24.0. The average Bonchev–Trinajstić information content (AvgIpc) is 4.18. The summed E-state index contributed by atoms with van der Waals surface area (Å²) in [6.45, 7) is 12.7. The number of aromatic nitrogens is 3. The number of alkyl halides is 3. The lowest BCUT2D eigenvalue weighted by Crippen LogP contribution is -2.49. The summed E-state index contributed by atoms with van der Waals surface area (Å²) >= 11 is 1.61. The summed E-state index contributed by atoms with van der Waals surface area (Å²) in [6.07, 6.45) is 2.54. The van der Waals surface area contributed by atoms with Gasteiger partial charge in [0, 0.05) is 87.7 Å². The Balaban J connectivity index is 0.693. The van der Waals surface area contributed by atoms with E-state index in [1.54, 1.807) is 24.3 Å². The van der Waals surface area contributed by atoms with Crippen LogP contribution in [-0.4, -0.2) is 130 Å². The molecule has 20 heteroatoms. The van der Waals surface area contributed by atoms with E-state index < -0.39 is 29.3 Å². The molecule has 4 aliphatic rings. The normalized spacial score (nSPS) is 21.9. The molecule has 4 aromatic rings. The van der Waals surface area contributed by atoms with E-state index in [-0.39, 0.29) is 65.5 Å². The van der Waals surface area contributed by atoms with Crippen LogP contribution in [0.3, 0.4) is 0 Å². The number of halogens is 3. The zero-order valence-corrected chi connectivity index (χ0v) is 39.6. The minimum atomic E-state index is -4.72. The molecule has 3 amide bonds. The molecule has 4 aliphatic heterocycles. The fourth-order valence-electron chi connectivity index (χ4n) is 9.76. The molecule has 6 heterocycles. The summed E-state index contributed by atoms with van der Waals surface area (Å²) < 4.78 is 45.8. The van der Waals surface area contributed by atoms with Gasteiger partial charge in [-0.25, -0.2) is 4.98 Å². The Kier molecular flexibility index (Phi) is 15.0. The highest BCUT2D eigenvalue weighted by molar-refractivity contribution is 7.13. The molecular formula is C49H57F3N12O4S. The number of rotatable bonds is 19. The number of thiazole rings is 1. The molecule has 0 radical (unpaired) electrons. The Morgan fingerprint density at radius 2 is 1.88 bits per heavy atom. The van der Waals surface area contributed by atoms with Gasteiger partial charge in [0.2, 0.25) is 11.8 Å². The van der Waals surface area contributed by atoms with Crippen molar-refractivity contribution in [2.45, 2.75) is 83.5 Å². The van der Waals surface area contributed by atoms with Crippen LogP contribution in [0.1, 0.15) is 77.2 Å². The third-order valence-corrected chi connectivity index (χ3v) is 14.4. The quantitative estimate of drug-likeness (QED) is 0.0539. The van der Waals surface area contributed by atoms with Crippen molar-refractivity contribution in [3.8, 4) is 16.5 Å². The van der Waals surface area contributed by atoms with Crippen LogP contribution in [0.15, 0.2) is 78.1 Å². The maximum atomic E-state index is 13.9. The van der Waals surface area contributed by atoms with Crippen LogP contribution in [0, 0.1) is 29.1 Å². The second-order valence-electron chi connectivity index (χ2n) is 18.4. The number of nitrogens with zero attached hydrogens (tertiary/aromatic N) is 6. The van der Waals surface area contributed by atoms with Crippen LogP contribution >= 0.6 is 11.3 Å². The molecule has 0 aliphatic carbocycles. The third-order valence-electron chi connectivity index (χ3n) is 13.4. The molecule has 364 valence electrons. The van der Waals surface area contributed by atoms with E-state index in [0.717, 1.165) is 91.6 Å². The van der Waals surface area contributed by atoms with Gasteiger partial charge < -0.3 is 41.2 Å². The van der Waals surface area contributed by atoms with Crippen LogP contribution in [0.4, 0.5) is 13.2 Å². The fraction of sp³-hybridized carbons (Fsp3) is 0.449. The highest BCUT2D eigenvalue weighted by Crippen LogP contribution is 2.50. The van der Waals surface area contributed by atoms with Gasteiger partial charge >= 0.3 is 6.18 Å². The molecule has 69 heavy (non-hydrogen) atoms. The van der Waals surface area contributed by atoms with E-state index in [0.29, 0.717) is 25.3 Å². The fourth-order valence-corrected chi connectivity index (χ4v) is 10.6. The third kappa shape index (κ3) is 11.2. The van der Waals surface area contributed by atoms with Gasteiger partial charge in [-0.1, -0.05) is 43.3 Å². The van der Waals surface area contributed by atoms with Crippen molar-refractivity contribution in [2.24, 2.45) is 5.41 Å². The minimum absolute atomic E-state index is 0.00506. The molecule has 6 N–H and O–H groups in total.